The van der Waals surface area contributed by atoms with Crippen molar-refractivity contribution in [1.82, 2.24) is 14.8 Å². The molecule has 2 aromatic heterocycles. The normalized spacial score (nSPS) is 15.8. The van der Waals surface area contributed by atoms with E-state index in [4.69, 9.17) is 5.73 Å². The molecule has 0 saturated heterocycles. The van der Waals surface area contributed by atoms with Crippen LogP contribution in [-0.4, -0.2) is 21.1 Å². The Labute approximate surface area is 118 Å². The first-order valence-corrected chi connectivity index (χ1v) is 6.49. The van der Waals surface area contributed by atoms with E-state index >= 15 is 0 Å². The van der Waals surface area contributed by atoms with Crippen LogP contribution in [0.3, 0.4) is 0 Å². The summed E-state index contributed by atoms with van der Waals surface area (Å²) >= 11 is 0. The van der Waals surface area contributed by atoms with Crippen LogP contribution in [0.5, 0.6) is 5.75 Å². The predicted octanol–water partition coefficient (Wildman–Crippen LogP) is 3.15. The molecule has 112 valence electrons. The van der Waals surface area contributed by atoms with Crippen LogP contribution in [-0.2, 0) is 0 Å². The van der Waals surface area contributed by atoms with Gasteiger partial charge in [-0.1, -0.05) is 0 Å². The van der Waals surface area contributed by atoms with Gasteiger partial charge in [0.2, 0.25) is 0 Å². The van der Waals surface area contributed by atoms with Gasteiger partial charge in [0, 0.05) is 18.0 Å². The number of halogens is 3. The van der Waals surface area contributed by atoms with Crippen molar-refractivity contribution in [2.75, 3.05) is 5.73 Å². The fraction of sp³-hybridized carbons (Fsp3) is 0.385. The maximum Gasteiger partial charge on any atom is 0.573 e. The average Bonchev–Trinajstić information content (AvgIpc) is 2.77. The van der Waals surface area contributed by atoms with Gasteiger partial charge in [-0.2, -0.15) is 5.10 Å². The lowest BCUT2D eigenvalue weighted by atomic mass is 9.93. The number of hydrogen-bond donors (Lipinski definition) is 1. The van der Waals surface area contributed by atoms with Gasteiger partial charge in [0.15, 0.2) is 11.6 Å². The minimum atomic E-state index is -4.81. The van der Waals surface area contributed by atoms with Crippen LogP contribution < -0.4 is 10.5 Å². The summed E-state index contributed by atoms with van der Waals surface area (Å²) in [6.07, 6.45) is 1.71. The zero-order chi connectivity index (χ0) is 15.0. The van der Waals surface area contributed by atoms with Gasteiger partial charge in [-0.05, 0) is 31.4 Å². The van der Waals surface area contributed by atoms with Crippen LogP contribution in [0, 0.1) is 0 Å². The predicted molar refractivity (Wildman–Crippen MR) is 69.4 cm³/mol. The molecule has 2 heterocycles. The molecular formula is C13H13F3N4O. The van der Waals surface area contributed by atoms with Crippen molar-refractivity contribution in [2.24, 2.45) is 0 Å². The van der Waals surface area contributed by atoms with E-state index in [2.05, 4.69) is 14.8 Å². The highest BCUT2D eigenvalue weighted by molar-refractivity contribution is 5.63. The SMILES string of the molecule is Nc1ncc(-c2ccn(C3CCC3)n2)cc1OC(F)(F)F. The van der Waals surface area contributed by atoms with Gasteiger partial charge in [-0.25, -0.2) is 4.98 Å². The monoisotopic (exact) mass is 298 g/mol. The Bertz CT molecular complexity index is 649. The van der Waals surface area contributed by atoms with Crippen molar-refractivity contribution in [2.45, 2.75) is 31.7 Å². The molecule has 1 fully saturated rings. The van der Waals surface area contributed by atoms with Crippen LogP contribution in [0.2, 0.25) is 0 Å². The number of nitrogens with two attached hydrogens (primary N) is 1. The van der Waals surface area contributed by atoms with Crippen molar-refractivity contribution in [3.05, 3.63) is 24.5 Å². The first kappa shape index (κ1) is 13.7. The maximum absolute atomic E-state index is 12.3. The minimum absolute atomic E-state index is 0.311. The standard InChI is InChI=1S/C13H13F3N4O/c14-13(15,16)21-11-6-8(7-18-12(11)17)10-4-5-20(19-10)9-2-1-3-9/h4-7,9H,1-3H2,(H2,17,18). The molecule has 0 aromatic carbocycles. The van der Waals surface area contributed by atoms with Gasteiger partial charge >= 0.3 is 6.36 Å². The Morgan fingerprint density at radius 2 is 2.10 bits per heavy atom. The average molecular weight is 298 g/mol. The molecule has 0 atom stereocenters. The first-order chi connectivity index (χ1) is 9.92. The van der Waals surface area contributed by atoms with E-state index in [0.717, 1.165) is 12.8 Å². The van der Waals surface area contributed by atoms with Gasteiger partial charge in [0.25, 0.3) is 0 Å². The molecule has 21 heavy (non-hydrogen) atoms. The summed E-state index contributed by atoms with van der Waals surface area (Å²) in [6.45, 7) is 0. The smallest absolute Gasteiger partial charge is 0.402 e. The molecule has 1 saturated carbocycles. The molecule has 3 rings (SSSR count). The minimum Gasteiger partial charge on any atom is -0.402 e. The third-order valence-electron chi connectivity index (χ3n) is 3.46. The van der Waals surface area contributed by atoms with Crippen molar-refractivity contribution >= 4 is 5.82 Å². The zero-order valence-electron chi connectivity index (χ0n) is 11.0. The van der Waals surface area contributed by atoms with Gasteiger partial charge in [-0.3, -0.25) is 4.68 Å². The number of rotatable bonds is 3. The van der Waals surface area contributed by atoms with Crippen LogP contribution in [0.1, 0.15) is 25.3 Å². The molecule has 8 heteroatoms. The fourth-order valence-corrected chi connectivity index (χ4v) is 2.15. The number of anilines is 1. The van der Waals surface area contributed by atoms with Gasteiger partial charge in [0.05, 0.1) is 11.7 Å². The lowest BCUT2D eigenvalue weighted by Crippen LogP contribution is -2.18. The molecule has 5 nitrogen and oxygen atoms in total. The summed E-state index contributed by atoms with van der Waals surface area (Å²) in [5.74, 6) is -0.826. The van der Waals surface area contributed by atoms with Crippen molar-refractivity contribution < 1.29 is 17.9 Å². The quantitative estimate of drug-likeness (QED) is 0.945. The van der Waals surface area contributed by atoms with E-state index in [1.54, 1.807) is 6.07 Å². The molecule has 1 aliphatic carbocycles. The number of pyridine rings is 1. The van der Waals surface area contributed by atoms with Crippen LogP contribution in [0.4, 0.5) is 19.0 Å². The van der Waals surface area contributed by atoms with Crippen LogP contribution in [0.25, 0.3) is 11.3 Å². The van der Waals surface area contributed by atoms with Gasteiger partial charge in [0.1, 0.15) is 0 Å². The number of ether oxygens (including phenoxy) is 1. The highest BCUT2D eigenvalue weighted by Gasteiger charge is 2.32. The molecule has 0 spiro atoms. The fourth-order valence-electron chi connectivity index (χ4n) is 2.15. The summed E-state index contributed by atoms with van der Waals surface area (Å²) in [6, 6.07) is 3.32. The molecule has 1 aliphatic rings. The summed E-state index contributed by atoms with van der Waals surface area (Å²) in [5.41, 5.74) is 6.37. The Balaban J connectivity index is 1.88. The lowest BCUT2D eigenvalue weighted by molar-refractivity contribution is -0.274. The Morgan fingerprint density at radius 1 is 1.33 bits per heavy atom. The number of aromatic nitrogens is 3. The number of hydrogen-bond acceptors (Lipinski definition) is 4. The Kier molecular flexibility index (Phi) is 3.23. The van der Waals surface area contributed by atoms with Gasteiger partial charge < -0.3 is 10.5 Å². The van der Waals surface area contributed by atoms with Gasteiger partial charge in [-0.15, -0.1) is 13.2 Å². The third-order valence-corrected chi connectivity index (χ3v) is 3.46. The number of nitrogen functional groups attached to an aromatic ring is 1. The number of nitrogens with zero attached hydrogens (tertiary/aromatic N) is 3. The maximum atomic E-state index is 12.3. The van der Waals surface area contributed by atoms with E-state index in [9.17, 15) is 13.2 Å². The molecule has 0 amide bonds. The molecule has 0 aliphatic heterocycles. The van der Waals surface area contributed by atoms with Crippen molar-refractivity contribution in [1.29, 1.82) is 0 Å². The second-order valence-electron chi connectivity index (χ2n) is 4.92. The Morgan fingerprint density at radius 3 is 2.71 bits per heavy atom. The first-order valence-electron chi connectivity index (χ1n) is 6.49. The second kappa shape index (κ2) is 4.94. The molecular weight excluding hydrogens is 285 g/mol. The summed E-state index contributed by atoms with van der Waals surface area (Å²) in [7, 11) is 0. The molecule has 0 unspecified atom stereocenters. The van der Waals surface area contributed by atoms with E-state index in [0.29, 0.717) is 17.3 Å². The van der Waals surface area contributed by atoms with E-state index in [-0.39, 0.29) is 5.82 Å². The van der Waals surface area contributed by atoms with Crippen molar-refractivity contribution in [3.63, 3.8) is 0 Å². The van der Waals surface area contributed by atoms with Crippen LogP contribution >= 0.6 is 0 Å². The largest absolute Gasteiger partial charge is 0.573 e. The van der Waals surface area contributed by atoms with E-state index in [1.165, 1.54) is 18.7 Å². The summed E-state index contributed by atoms with van der Waals surface area (Å²) in [4.78, 5) is 3.73. The summed E-state index contributed by atoms with van der Waals surface area (Å²) < 4.78 is 42.6. The van der Waals surface area contributed by atoms with E-state index in [1.807, 2.05) is 10.9 Å². The highest BCUT2D eigenvalue weighted by atomic mass is 19.4. The number of alkyl halides is 3. The van der Waals surface area contributed by atoms with Crippen molar-refractivity contribution in [3.8, 4) is 17.0 Å². The zero-order valence-corrected chi connectivity index (χ0v) is 11.0. The third kappa shape index (κ3) is 2.93. The summed E-state index contributed by atoms with van der Waals surface area (Å²) in [5, 5.41) is 4.37. The molecule has 0 radical (unpaired) electrons. The van der Waals surface area contributed by atoms with E-state index < -0.39 is 12.1 Å². The van der Waals surface area contributed by atoms with Crippen LogP contribution in [0.15, 0.2) is 24.5 Å². The molecule has 0 bridgehead atoms. The topological polar surface area (TPSA) is 66.0 Å². The Hall–Kier alpha value is -2.25. The molecule has 2 N–H and O–H groups in total. The lowest BCUT2D eigenvalue weighted by Gasteiger charge is -2.25. The second-order valence-corrected chi connectivity index (χ2v) is 4.92. The highest BCUT2D eigenvalue weighted by Crippen LogP contribution is 2.33. The molecule has 2 aromatic rings.